The topological polar surface area (TPSA) is 73.6 Å². The smallest absolute Gasteiger partial charge is 0.379 e. The van der Waals surface area contributed by atoms with Crippen LogP contribution in [0.25, 0.3) is 0 Å². The first-order valence-electron chi connectivity index (χ1n) is 7.82. The normalized spacial score (nSPS) is 11.3. The van der Waals surface area contributed by atoms with Crippen molar-refractivity contribution >= 4 is 27.4 Å². The number of esters is 1. The molecule has 5 nitrogen and oxygen atoms in total. The number of ether oxygens (including phenoxy) is 1. The number of halogens is 1. The van der Waals surface area contributed by atoms with E-state index in [2.05, 4.69) is 0 Å². The van der Waals surface area contributed by atoms with Crippen molar-refractivity contribution in [2.24, 2.45) is 0 Å². The Bertz CT molecular complexity index is 1020. The van der Waals surface area contributed by atoms with Crippen LogP contribution in [-0.4, -0.2) is 14.4 Å². The number of sulfone groups is 1. The summed E-state index contributed by atoms with van der Waals surface area (Å²) in [6.45, 7) is 2.02. The van der Waals surface area contributed by atoms with Crippen molar-refractivity contribution in [1.29, 1.82) is 0 Å². The van der Waals surface area contributed by atoms with Gasteiger partial charge in [-0.3, -0.25) is 0 Å². The summed E-state index contributed by atoms with van der Waals surface area (Å²) in [6.07, 6.45) is 0.873. The largest absolute Gasteiger partial charge is 0.437 e. The van der Waals surface area contributed by atoms with Gasteiger partial charge in [-0.2, -0.15) is 0 Å². The first-order chi connectivity index (χ1) is 12.4. The summed E-state index contributed by atoms with van der Waals surface area (Å²) in [5.74, 6) is -0.616. The Kier molecular flexibility index (Phi) is 5.15. The molecule has 0 amide bonds. The molecule has 0 bridgehead atoms. The molecule has 0 N–H and O–H groups in total. The van der Waals surface area contributed by atoms with E-state index in [0.29, 0.717) is 10.8 Å². The van der Waals surface area contributed by atoms with Gasteiger partial charge in [0.05, 0.1) is 4.90 Å². The predicted octanol–water partition coefficient (Wildman–Crippen LogP) is 4.55. The van der Waals surface area contributed by atoms with E-state index in [1.807, 2.05) is 19.1 Å². The Morgan fingerprint density at radius 2 is 1.65 bits per heavy atom. The zero-order valence-electron chi connectivity index (χ0n) is 13.8. The maximum atomic E-state index is 12.5. The maximum absolute atomic E-state index is 12.5. The SMILES string of the molecule is CCc1ccc(OC(=O)c2ccc(S(=O)(=O)c3ccc(Cl)cc3)o2)cc1. The van der Waals surface area contributed by atoms with Gasteiger partial charge in [0, 0.05) is 5.02 Å². The van der Waals surface area contributed by atoms with Crippen LogP contribution in [0, 0.1) is 0 Å². The van der Waals surface area contributed by atoms with Gasteiger partial charge >= 0.3 is 5.97 Å². The van der Waals surface area contributed by atoms with Crippen LogP contribution in [0.4, 0.5) is 0 Å². The molecule has 0 aliphatic rings. The summed E-state index contributed by atoms with van der Waals surface area (Å²) in [5, 5.41) is 0.0786. The van der Waals surface area contributed by atoms with E-state index in [-0.39, 0.29) is 15.7 Å². The van der Waals surface area contributed by atoms with E-state index in [1.54, 1.807) is 12.1 Å². The van der Waals surface area contributed by atoms with Crippen molar-refractivity contribution in [1.82, 2.24) is 0 Å². The predicted molar refractivity (Wildman–Crippen MR) is 96.4 cm³/mol. The highest BCUT2D eigenvalue weighted by Gasteiger charge is 2.24. The molecule has 1 heterocycles. The first kappa shape index (κ1) is 18.2. The average Bonchev–Trinajstić information content (AvgIpc) is 3.14. The van der Waals surface area contributed by atoms with Crippen LogP contribution in [0.3, 0.4) is 0 Å². The molecule has 3 rings (SSSR count). The van der Waals surface area contributed by atoms with Gasteiger partial charge in [-0.15, -0.1) is 0 Å². The van der Waals surface area contributed by atoms with Crippen LogP contribution in [0.15, 0.2) is 75.1 Å². The van der Waals surface area contributed by atoms with Crippen molar-refractivity contribution in [3.8, 4) is 5.75 Å². The molecular weight excluding hydrogens is 376 g/mol. The van der Waals surface area contributed by atoms with E-state index in [9.17, 15) is 13.2 Å². The summed E-state index contributed by atoms with van der Waals surface area (Å²) in [7, 11) is -3.88. The molecule has 0 aliphatic heterocycles. The lowest BCUT2D eigenvalue weighted by Crippen LogP contribution is -2.07. The first-order valence-corrected chi connectivity index (χ1v) is 9.68. The molecule has 2 aromatic carbocycles. The number of benzene rings is 2. The summed E-state index contributed by atoms with van der Waals surface area (Å²) in [6, 6.07) is 15.2. The molecular formula is C19H15ClO5S. The number of furan rings is 1. The molecule has 134 valence electrons. The number of hydrogen-bond acceptors (Lipinski definition) is 5. The van der Waals surface area contributed by atoms with Crippen molar-refractivity contribution < 1.29 is 22.4 Å². The minimum atomic E-state index is -3.88. The van der Waals surface area contributed by atoms with Gasteiger partial charge in [-0.1, -0.05) is 30.7 Å². The lowest BCUT2D eigenvalue weighted by Gasteiger charge is -2.04. The van der Waals surface area contributed by atoms with Crippen LogP contribution >= 0.6 is 11.6 Å². The Morgan fingerprint density at radius 1 is 1.00 bits per heavy atom. The number of aryl methyl sites for hydroxylation is 1. The van der Waals surface area contributed by atoms with Crippen LogP contribution in [-0.2, 0) is 16.3 Å². The zero-order chi connectivity index (χ0) is 18.7. The Morgan fingerprint density at radius 3 is 2.27 bits per heavy atom. The molecule has 3 aromatic rings. The van der Waals surface area contributed by atoms with E-state index in [0.717, 1.165) is 12.0 Å². The van der Waals surface area contributed by atoms with Gasteiger partial charge in [-0.25, -0.2) is 13.2 Å². The van der Waals surface area contributed by atoms with Crippen LogP contribution in [0.2, 0.25) is 5.02 Å². The standard InChI is InChI=1S/C19H15ClO5S/c1-2-13-3-7-15(8-4-13)24-19(21)17-11-12-18(25-17)26(22,23)16-9-5-14(20)6-10-16/h3-12H,2H2,1H3. The average molecular weight is 391 g/mol. The van der Waals surface area contributed by atoms with Gasteiger partial charge in [-0.05, 0) is 60.5 Å². The zero-order valence-corrected chi connectivity index (χ0v) is 15.4. The number of hydrogen-bond donors (Lipinski definition) is 0. The monoisotopic (exact) mass is 390 g/mol. The fourth-order valence-corrected chi connectivity index (χ4v) is 3.55. The Hall–Kier alpha value is -2.57. The third-order valence-corrected chi connectivity index (χ3v) is 5.61. The molecule has 26 heavy (non-hydrogen) atoms. The number of carbonyl (C=O) groups excluding carboxylic acids is 1. The maximum Gasteiger partial charge on any atom is 0.379 e. The molecule has 0 atom stereocenters. The van der Waals surface area contributed by atoms with Crippen LogP contribution in [0.1, 0.15) is 23.0 Å². The third-order valence-electron chi connectivity index (χ3n) is 3.71. The van der Waals surface area contributed by atoms with Gasteiger partial charge < -0.3 is 9.15 Å². The molecule has 7 heteroatoms. The van der Waals surface area contributed by atoms with Crippen LogP contribution in [0.5, 0.6) is 5.75 Å². The van der Waals surface area contributed by atoms with Crippen molar-refractivity contribution in [3.63, 3.8) is 0 Å². The number of rotatable bonds is 5. The lowest BCUT2D eigenvalue weighted by atomic mass is 10.2. The summed E-state index contributed by atoms with van der Waals surface area (Å²) >= 11 is 5.77. The van der Waals surface area contributed by atoms with E-state index in [1.165, 1.54) is 36.4 Å². The van der Waals surface area contributed by atoms with Gasteiger partial charge in [0.15, 0.2) is 0 Å². The lowest BCUT2D eigenvalue weighted by molar-refractivity contribution is 0.0695. The minimum absolute atomic E-state index is 0.0197. The van der Waals surface area contributed by atoms with Gasteiger partial charge in [0.1, 0.15) is 5.75 Å². The van der Waals surface area contributed by atoms with Crippen molar-refractivity contribution in [2.45, 2.75) is 23.3 Å². The molecule has 0 aliphatic carbocycles. The highest BCUT2D eigenvalue weighted by molar-refractivity contribution is 7.91. The van der Waals surface area contributed by atoms with Gasteiger partial charge in [0.2, 0.25) is 20.7 Å². The van der Waals surface area contributed by atoms with E-state index >= 15 is 0 Å². The molecule has 0 radical (unpaired) electrons. The second kappa shape index (κ2) is 7.35. The summed E-state index contributed by atoms with van der Waals surface area (Å²) in [4.78, 5) is 12.2. The second-order valence-corrected chi connectivity index (χ2v) is 7.78. The Balaban J connectivity index is 1.80. The molecule has 0 unspecified atom stereocenters. The fourth-order valence-electron chi connectivity index (χ4n) is 2.25. The molecule has 0 spiro atoms. The summed E-state index contributed by atoms with van der Waals surface area (Å²) in [5.41, 5.74) is 1.11. The van der Waals surface area contributed by atoms with Crippen molar-refractivity contribution in [2.75, 3.05) is 0 Å². The third kappa shape index (κ3) is 3.81. The Labute approximate surface area is 156 Å². The molecule has 0 fully saturated rings. The van der Waals surface area contributed by atoms with Crippen LogP contribution < -0.4 is 4.74 Å². The fraction of sp³-hybridized carbons (Fsp3) is 0.105. The number of carbonyl (C=O) groups is 1. The quantitative estimate of drug-likeness (QED) is 0.472. The molecule has 0 saturated carbocycles. The summed E-state index contributed by atoms with van der Waals surface area (Å²) < 4.78 is 35.5. The second-order valence-electron chi connectivity index (χ2n) is 5.46. The molecule has 1 aromatic heterocycles. The van der Waals surface area contributed by atoms with E-state index < -0.39 is 15.8 Å². The molecule has 0 saturated heterocycles. The minimum Gasteiger partial charge on any atom is -0.437 e. The van der Waals surface area contributed by atoms with E-state index in [4.69, 9.17) is 20.8 Å². The highest BCUT2D eigenvalue weighted by atomic mass is 35.5. The van der Waals surface area contributed by atoms with Gasteiger partial charge in [0.25, 0.3) is 0 Å². The highest BCUT2D eigenvalue weighted by Crippen LogP contribution is 2.25. The van der Waals surface area contributed by atoms with Crippen molar-refractivity contribution in [3.05, 3.63) is 77.0 Å².